The molecule has 0 atom stereocenters. The Balaban J connectivity index is 1.91. The first-order chi connectivity index (χ1) is 10.2. The molecule has 4 aromatic rings. The molecule has 0 radical (unpaired) electrons. The number of aromatic amines is 1. The Hall–Kier alpha value is -2.17. The van der Waals surface area contributed by atoms with E-state index in [2.05, 4.69) is 19.9 Å². The van der Waals surface area contributed by atoms with Crippen molar-refractivity contribution in [3.8, 4) is 11.4 Å². The van der Waals surface area contributed by atoms with E-state index in [4.69, 9.17) is 23.2 Å². The summed E-state index contributed by atoms with van der Waals surface area (Å²) in [5.41, 5.74) is 3.21. The van der Waals surface area contributed by atoms with E-state index in [0.717, 1.165) is 27.8 Å². The summed E-state index contributed by atoms with van der Waals surface area (Å²) in [7, 11) is 0. The smallest absolute Gasteiger partial charge is 0.179 e. The maximum atomic E-state index is 5.97. The molecule has 0 saturated heterocycles. The number of nitrogens with zero attached hydrogens (tertiary/aromatic N) is 3. The third-order valence-corrected chi connectivity index (χ3v) is 3.93. The standard InChI is InChI=1S/C15H8Cl2N4/c16-10-7-12-15(20-13(10)17)21-14(19-12)9-3-4-11-8(6-9)2-1-5-18-11/h1-7H,(H,19,20,21). The number of pyridine rings is 2. The lowest BCUT2D eigenvalue weighted by atomic mass is 10.1. The number of nitrogens with one attached hydrogen (secondary N) is 1. The summed E-state index contributed by atoms with van der Waals surface area (Å²) in [5, 5.41) is 1.71. The monoisotopic (exact) mass is 314 g/mol. The highest BCUT2D eigenvalue weighted by atomic mass is 35.5. The molecule has 0 aliphatic carbocycles. The zero-order valence-corrected chi connectivity index (χ0v) is 12.2. The van der Waals surface area contributed by atoms with Crippen LogP contribution in [0, 0.1) is 0 Å². The minimum Gasteiger partial charge on any atom is -0.337 e. The van der Waals surface area contributed by atoms with E-state index in [1.165, 1.54) is 0 Å². The molecular formula is C15H8Cl2N4. The van der Waals surface area contributed by atoms with Gasteiger partial charge in [-0.25, -0.2) is 9.97 Å². The molecule has 21 heavy (non-hydrogen) atoms. The lowest BCUT2D eigenvalue weighted by Crippen LogP contribution is -1.83. The van der Waals surface area contributed by atoms with Gasteiger partial charge < -0.3 is 4.98 Å². The van der Waals surface area contributed by atoms with Gasteiger partial charge >= 0.3 is 0 Å². The normalized spacial score (nSPS) is 11.3. The molecule has 6 heteroatoms. The fourth-order valence-electron chi connectivity index (χ4n) is 2.26. The Kier molecular flexibility index (Phi) is 2.80. The quantitative estimate of drug-likeness (QED) is 0.527. The van der Waals surface area contributed by atoms with Crippen LogP contribution in [0.5, 0.6) is 0 Å². The van der Waals surface area contributed by atoms with Crippen LogP contribution in [0.4, 0.5) is 0 Å². The summed E-state index contributed by atoms with van der Waals surface area (Å²) < 4.78 is 0. The molecule has 3 aromatic heterocycles. The van der Waals surface area contributed by atoms with E-state index in [0.29, 0.717) is 10.7 Å². The summed E-state index contributed by atoms with van der Waals surface area (Å²) in [5.74, 6) is 0.724. The average molecular weight is 315 g/mol. The van der Waals surface area contributed by atoms with Crippen LogP contribution in [0.3, 0.4) is 0 Å². The number of benzene rings is 1. The number of hydrogen-bond acceptors (Lipinski definition) is 3. The van der Waals surface area contributed by atoms with Crippen molar-refractivity contribution >= 4 is 45.3 Å². The summed E-state index contributed by atoms with van der Waals surface area (Å²) >= 11 is 11.9. The van der Waals surface area contributed by atoms with E-state index >= 15 is 0 Å². The fraction of sp³-hybridized carbons (Fsp3) is 0. The maximum Gasteiger partial charge on any atom is 0.179 e. The van der Waals surface area contributed by atoms with Gasteiger partial charge in [0, 0.05) is 17.1 Å². The van der Waals surface area contributed by atoms with Crippen molar-refractivity contribution in [3.63, 3.8) is 0 Å². The number of rotatable bonds is 1. The Bertz CT molecular complexity index is 939. The first kappa shape index (κ1) is 12.6. The van der Waals surface area contributed by atoms with Crippen molar-refractivity contribution in [2.45, 2.75) is 0 Å². The van der Waals surface area contributed by atoms with Gasteiger partial charge in [-0.2, -0.15) is 0 Å². The third-order valence-electron chi connectivity index (χ3n) is 3.26. The zero-order chi connectivity index (χ0) is 14.4. The van der Waals surface area contributed by atoms with E-state index in [1.54, 1.807) is 12.3 Å². The summed E-state index contributed by atoms with van der Waals surface area (Å²) in [6, 6.07) is 11.6. The zero-order valence-electron chi connectivity index (χ0n) is 10.6. The molecule has 0 aliphatic heterocycles. The first-order valence-electron chi connectivity index (χ1n) is 6.27. The third kappa shape index (κ3) is 2.13. The topological polar surface area (TPSA) is 54.5 Å². The molecule has 0 spiro atoms. The molecule has 102 valence electrons. The second kappa shape index (κ2) is 4.69. The minimum absolute atomic E-state index is 0.255. The predicted octanol–water partition coefficient (Wildman–Crippen LogP) is 4.48. The Morgan fingerprint density at radius 3 is 2.81 bits per heavy atom. The van der Waals surface area contributed by atoms with Crippen LogP contribution in [0.15, 0.2) is 42.6 Å². The van der Waals surface area contributed by atoms with Gasteiger partial charge in [-0.3, -0.25) is 4.98 Å². The maximum absolute atomic E-state index is 5.97. The van der Waals surface area contributed by atoms with Crippen molar-refractivity contribution < 1.29 is 0 Å². The number of imidazole rings is 1. The van der Waals surface area contributed by atoms with Crippen molar-refractivity contribution in [3.05, 3.63) is 52.8 Å². The van der Waals surface area contributed by atoms with Crippen LogP contribution in [0.2, 0.25) is 10.2 Å². The summed E-state index contributed by atoms with van der Waals surface area (Å²) in [6.07, 6.45) is 1.77. The van der Waals surface area contributed by atoms with Crippen LogP contribution in [-0.2, 0) is 0 Å². The molecule has 4 nitrogen and oxygen atoms in total. The van der Waals surface area contributed by atoms with E-state index in [1.807, 2.05) is 30.3 Å². The van der Waals surface area contributed by atoms with Crippen LogP contribution in [-0.4, -0.2) is 19.9 Å². The molecule has 1 N–H and O–H groups in total. The van der Waals surface area contributed by atoms with Gasteiger partial charge in [-0.15, -0.1) is 0 Å². The number of hydrogen-bond donors (Lipinski definition) is 1. The van der Waals surface area contributed by atoms with Crippen molar-refractivity contribution in [1.82, 2.24) is 19.9 Å². The Labute approximate surface area is 129 Å². The molecule has 0 amide bonds. The molecule has 0 fully saturated rings. The highest BCUT2D eigenvalue weighted by molar-refractivity contribution is 6.41. The van der Waals surface area contributed by atoms with Gasteiger partial charge in [0.2, 0.25) is 0 Å². The van der Waals surface area contributed by atoms with Gasteiger partial charge in [-0.1, -0.05) is 29.3 Å². The van der Waals surface area contributed by atoms with Crippen LogP contribution in [0.1, 0.15) is 0 Å². The molecule has 0 unspecified atom stereocenters. The van der Waals surface area contributed by atoms with Crippen LogP contribution < -0.4 is 0 Å². The van der Waals surface area contributed by atoms with Gasteiger partial charge in [0.15, 0.2) is 5.65 Å². The lowest BCUT2D eigenvalue weighted by Gasteiger charge is -1.99. The highest BCUT2D eigenvalue weighted by Crippen LogP contribution is 2.27. The Morgan fingerprint density at radius 2 is 1.90 bits per heavy atom. The van der Waals surface area contributed by atoms with Crippen molar-refractivity contribution in [2.75, 3.05) is 0 Å². The second-order valence-corrected chi connectivity index (χ2v) is 5.39. The summed E-state index contributed by atoms with van der Waals surface area (Å²) in [4.78, 5) is 16.1. The van der Waals surface area contributed by atoms with E-state index in [9.17, 15) is 0 Å². The van der Waals surface area contributed by atoms with Crippen LogP contribution >= 0.6 is 23.2 Å². The highest BCUT2D eigenvalue weighted by Gasteiger charge is 2.10. The lowest BCUT2D eigenvalue weighted by molar-refractivity contribution is 1.30. The number of fused-ring (bicyclic) bond motifs is 2. The average Bonchev–Trinajstić information content (AvgIpc) is 2.90. The van der Waals surface area contributed by atoms with Gasteiger partial charge in [0.25, 0.3) is 0 Å². The predicted molar refractivity (Wildman–Crippen MR) is 84.6 cm³/mol. The molecule has 0 aliphatic rings. The van der Waals surface area contributed by atoms with Gasteiger partial charge in [0.1, 0.15) is 11.0 Å². The SMILES string of the molecule is Clc1cc2[nH]c(-c3ccc4ncccc4c3)nc2nc1Cl. The molecule has 0 saturated carbocycles. The van der Waals surface area contributed by atoms with E-state index in [-0.39, 0.29) is 5.15 Å². The number of halogens is 2. The number of H-pyrrole nitrogens is 1. The van der Waals surface area contributed by atoms with Gasteiger partial charge in [-0.05, 0) is 30.3 Å². The summed E-state index contributed by atoms with van der Waals surface area (Å²) in [6.45, 7) is 0. The fourth-order valence-corrected chi connectivity index (χ4v) is 2.54. The molecule has 0 bridgehead atoms. The molecule has 4 rings (SSSR count). The molecule has 3 heterocycles. The Morgan fingerprint density at radius 1 is 1.00 bits per heavy atom. The number of aromatic nitrogens is 4. The second-order valence-electron chi connectivity index (χ2n) is 4.63. The van der Waals surface area contributed by atoms with E-state index < -0.39 is 0 Å². The largest absolute Gasteiger partial charge is 0.337 e. The molecular weight excluding hydrogens is 307 g/mol. The van der Waals surface area contributed by atoms with Crippen molar-refractivity contribution in [1.29, 1.82) is 0 Å². The van der Waals surface area contributed by atoms with Gasteiger partial charge in [0.05, 0.1) is 16.1 Å². The first-order valence-corrected chi connectivity index (χ1v) is 7.03. The molecule has 1 aromatic carbocycles. The van der Waals surface area contributed by atoms with Crippen molar-refractivity contribution in [2.24, 2.45) is 0 Å². The minimum atomic E-state index is 0.255. The van der Waals surface area contributed by atoms with Crippen LogP contribution in [0.25, 0.3) is 33.5 Å².